The van der Waals surface area contributed by atoms with E-state index in [9.17, 15) is 4.39 Å². The summed E-state index contributed by atoms with van der Waals surface area (Å²) in [6, 6.07) is 1.83. The van der Waals surface area contributed by atoms with Crippen molar-refractivity contribution in [3.63, 3.8) is 0 Å². The van der Waals surface area contributed by atoms with Gasteiger partial charge >= 0.3 is 0 Å². The summed E-state index contributed by atoms with van der Waals surface area (Å²) in [6.07, 6.45) is 4.48. The zero-order valence-electron chi connectivity index (χ0n) is 9.87. The first-order chi connectivity index (χ1) is 8.15. The molecule has 0 saturated carbocycles. The summed E-state index contributed by atoms with van der Waals surface area (Å²) in [7, 11) is 0. The molecule has 0 amide bonds. The number of halogens is 1. The fourth-order valence-electron chi connectivity index (χ4n) is 1.46. The summed E-state index contributed by atoms with van der Waals surface area (Å²) < 4.78 is 13.0. The Hall–Kier alpha value is -1.75. The van der Waals surface area contributed by atoms with Crippen LogP contribution >= 0.6 is 0 Å². The van der Waals surface area contributed by atoms with Crippen LogP contribution in [0, 0.1) is 5.82 Å². The van der Waals surface area contributed by atoms with Crippen LogP contribution in [0.15, 0.2) is 24.7 Å². The minimum atomic E-state index is -0.348. The van der Waals surface area contributed by atoms with Crippen molar-refractivity contribution in [2.75, 3.05) is 0 Å². The molecule has 5 heteroatoms. The van der Waals surface area contributed by atoms with Crippen LogP contribution in [0.3, 0.4) is 0 Å². The molecule has 17 heavy (non-hydrogen) atoms. The third kappa shape index (κ3) is 3.10. The number of nitrogens with zero attached hydrogens (tertiary/aromatic N) is 2. The van der Waals surface area contributed by atoms with Gasteiger partial charge in [0, 0.05) is 17.8 Å². The molecule has 0 unspecified atom stereocenters. The van der Waals surface area contributed by atoms with Crippen LogP contribution in [0.5, 0.6) is 0 Å². The number of imidazole rings is 1. The summed E-state index contributed by atoms with van der Waals surface area (Å²) in [5.41, 5.74) is 1.48. The lowest BCUT2D eigenvalue weighted by Gasteiger charge is -2.04. The van der Waals surface area contributed by atoms with Crippen molar-refractivity contribution in [3.8, 4) is 11.3 Å². The number of hydrogen-bond acceptors (Lipinski definition) is 3. The fraction of sp³-hybridized carbons (Fsp3) is 0.333. The predicted molar refractivity (Wildman–Crippen MR) is 63.8 cm³/mol. The van der Waals surface area contributed by atoms with E-state index in [1.807, 2.05) is 0 Å². The van der Waals surface area contributed by atoms with Crippen LogP contribution in [0.4, 0.5) is 4.39 Å². The Morgan fingerprint density at radius 1 is 1.35 bits per heavy atom. The van der Waals surface area contributed by atoms with Crippen molar-refractivity contribution in [3.05, 3.63) is 36.3 Å². The first-order valence-electron chi connectivity index (χ1n) is 5.53. The van der Waals surface area contributed by atoms with Crippen LogP contribution < -0.4 is 5.32 Å². The average molecular weight is 234 g/mol. The van der Waals surface area contributed by atoms with Crippen molar-refractivity contribution in [1.82, 2.24) is 20.3 Å². The summed E-state index contributed by atoms with van der Waals surface area (Å²) in [4.78, 5) is 11.2. The maximum absolute atomic E-state index is 13.0. The van der Waals surface area contributed by atoms with Gasteiger partial charge in [0.05, 0.1) is 24.6 Å². The van der Waals surface area contributed by atoms with Crippen LogP contribution in [-0.4, -0.2) is 21.0 Å². The molecule has 2 N–H and O–H groups in total. The van der Waals surface area contributed by atoms with Gasteiger partial charge in [-0.2, -0.15) is 0 Å². The summed E-state index contributed by atoms with van der Waals surface area (Å²) in [6.45, 7) is 4.81. The SMILES string of the molecule is CC(C)NCc1ncc(-c2cncc(F)c2)[nH]1. The van der Waals surface area contributed by atoms with E-state index < -0.39 is 0 Å². The highest BCUT2D eigenvalue weighted by Gasteiger charge is 2.05. The first-order valence-corrected chi connectivity index (χ1v) is 5.53. The van der Waals surface area contributed by atoms with Gasteiger partial charge in [0.25, 0.3) is 0 Å². The van der Waals surface area contributed by atoms with Crippen molar-refractivity contribution in [2.45, 2.75) is 26.4 Å². The van der Waals surface area contributed by atoms with Gasteiger partial charge < -0.3 is 10.3 Å². The molecule has 2 rings (SSSR count). The minimum Gasteiger partial charge on any atom is -0.341 e. The van der Waals surface area contributed by atoms with Gasteiger partial charge in [-0.05, 0) is 6.07 Å². The molecular formula is C12H15FN4. The lowest BCUT2D eigenvalue weighted by molar-refractivity contribution is 0.575. The third-order valence-electron chi connectivity index (χ3n) is 2.32. The second kappa shape index (κ2) is 5.05. The predicted octanol–water partition coefficient (Wildman–Crippen LogP) is 2.11. The van der Waals surface area contributed by atoms with E-state index in [4.69, 9.17) is 0 Å². The van der Waals surface area contributed by atoms with Gasteiger partial charge in [0.2, 0.25) is 0 Å². The van der Waals surface area contributed by atoms with Gasteiger partial charge in [0.1, 0.15) is 11.6 Å². The lowest BCUT2D eigenvalue weighted by atomic mass is 10.2. The Bertz CT molecular complexity index is 493. The van der Waals surface area contributed by atoms with E-state index in [2.05, 4.69) is 34.1 Å². The second-order valence-corrected chi connectivity index (χ2v) is 4.17. The minimum absolute atomic E-state index is 0.348. The van der Waals surface area contributed by atoms with E-state index in [-0.39, 0.29) is 5.82 Å². The van der Waals surface area contributed by atoms with E-state index in [1.54, 1.807) is 12.4 Å². The van der Waals surface area contributed by atoms with E-state index in [0.29, 0.717) is 18.2 Å². The standard InChI is InChI=1S/C12H15FN4/c1-8(2)15-7-12-16-6-11(17-12)9-3-10(13)5-14-4-9/h3-6,8,15H,7H2,1-2H3,(H,16,17). The molecule has 0 bridgehead atoms. The molecule has 0 aliphatic carbocycles. The highest BCUT2D eigenvalue weighted by molar-refractivity contribution is 5.56. The van der Waals surface area contributed by atoms with Gasteiger partial charge in [-0.15, -0.1) is 0 Å². The van der Waals surface area contributed by atoms with Gasteiger partial charge in [-0.25, -0.2) is 9.37 Å². The summed E-state index contributed by atoms with van der Waals surface area (Å²) >= 11 is 0. The Balaban J connectivity index is 2.12. The zero-order valence-corrected chi connectivity index (χ0v) is 9.87. The van der Waals surface area contributed by atoms with Crippen LogP contribution in [0.2, 0.25) is 0 Å². The number of nitrogens with one attached hydrogen (secondary N) is 2. The van der Waals surface area contributed by atoms with Gasteiger partial charge in [0.15, 0.2) is 0 Å². The maximum Gasteiger partial charge on any atom is 0.142 e. The third-order valence-corrected chi connectivity index (χ3v) is 2.32. The van der Waals surface area contributed by atoms with Crippen molar-refractivity contribution >= 4 is 0 Å². The Morgan fingerprint density at radius 3 is 2.88 bits per heavy atom. The van der Waals surface area contributed by atoms with Crippen LogP contribution in [0.25, 0.3) is 11.3 Å². The monoisotopic (exact) mass is 234 g/mol. The number of pyridine rings is 1. The highest BCUT2D eigenvalue weighted by Crippen LogP contribution is 2.16. The molecule has 0 spiro atoms. The molecule has 4 nitrogen and oxygen atoms in total. The number of aromatic amines is 1. The maximum atomic E-state index is 13.0. The molecule has 2 heterocycles. The van der Waals surface area contributed by atoms with Crippen LogP contribution in [-0.2, 0) is 6.54 Å². The van der Waals surface area contributed by atoms with Crippen molar-refractivity contribution < 1.29 is 4.39 Å². The smallest absolute Gasteiger partial charge is 0.142 e. The zero-order chi connectivity index (χ0) is 12.3. The lowest BCUT2D eigenvalue weighted by Crippen LogP contribution is -2.22. The quantitative estimate of drug-likeness (QED) is 0.851. The van der Waals surface area contributed by atoms with E-state index in [0.717, 1.165) is 11.5 Å². The largest absolute Gasteiger partial charge is 0.341 e. The Labute approximate surface area is 99.3 Å². The van der Waals surface area contributed by atoms with E-state index >= 15 is 0 Å². The molecule has 0 aliphatic heterocycles. The first kappa shape index (κ1) is 11.7. The molecule has 0 saturated heterocycles. The van der Waals surface area contributed by atoms with E-state index in [1.165, 1.54) is 12.3 Å². The Morgan fingerprint density at radius 2 is 2.18 bits per heavy atom. The number of rotatable bonds is 4. The normalized spacial score (nSPS) is 11.1. The second-order valence-electron chi connectivity index (χ2n) is 4.17. The van der Waals surface area contributed by atoms with Crippen LogP contribution in [0.1, 0.15) is 19.7 Å². The van der Waals surface area contributed by atoms with Crippen molar-refractivity contribution in [2.24, 2.45) is 0 Å². The number of aromatic nitrogens is 3. The molecule has 0 atom stereocenters. The molecular weight excluding hydrogens is 219 g/mol. The highest BCUT2D eigenvalue weighted by atomic mass is 19.1. The average Bonchev–Trinajstić information content (AvgIpc) is 2.75. The van der Waals surface area contributed by atoms with Crippen molar-refractivity contribution in [1.29, 1.82) is 0 Å². The molecule has 90 valence electrons. The molecule has 0 radical (unpaired) electrons. The fourth-order valence-corrected chi connectivity index (χ4v) is 1.46. The summed E-state index contributed by atoms with van der Waals surface area (Å²) in [5, 5.41) is 3.25. The molecule has 2 aromatic heterocycles. The molecule has 0 aromatic carbocycles. The number of H-pyrrole nitrogens is 1. The Kier molecular flexibility index (Phi) is 3.49. The van der Waals surface area contributed by atoms with Gasteiger partial charge in [-0.3, -0.25) is 4.98 Å². The molecule has 0 fully saturated rings. The molecule has 2 aromatic rings. The topological polar surface area (TPSA) is 53.6 Å². The molecule has 0 aliphatic rings. The number of hydrogen-bond donors (Lipinski definition) is 2. The summed E-state index contributed by atoms with van der Waals surface area (Å²) in [5.74, 6) is 0.483. The van der Waals surface area contributed by atoms with Gasteiger partial charge in [-0.1, -0.05) is 13.8 Å².